The van der Waals surface area contributed by atoms with E-state index in [2.05, 4.69) is 5.32 Å². The van der Waals surface area contributed by atoms with Crippen LogP contribution in [0.2, 0.25) is 0 Å². The average Bonchev–Trinajstić information content (AvgIpc) is 2.78. The number of Topliss-reactive ketones (excluding diaryl/α,β-unsaturated/α-hetero) is 1. The molecule has 30 heavy (non-hydrogen) atoms. The first-order valence-electron chi connectivity index (χ1n) is 9.90. The van der Waals surface area contributed by atoms with Crippen LogP contribution in [0.3, 0.4) is 0 Å². The number of nitrogens with zero attached hydrogens (tertiary/aromatic N) is 1. The maximum atomic E-state index is 12.7. The quantitative estimate of drug-likeness (QED) is 0.683. The molecular formula is C23H29ClN2O4. The number of likely N-dealkylation sites (tertiary alicyclic amines) is 1. The van der Waals surface area contributed by atoms with Crippen LogP contribution in [0.15, 0.2) is 48.5 Å². The van der Waals surface area contributed by atoms with E-state index >= 15 is 0 Å². The number of amides is 2. The van der Waals surface area contributed by atoms with Gasteiger partial charge < -0.3 is 19.7 Å². The fourth-order valence-electron chi connectivity index (χ4n) is 3.71. The number of urea groups is 1. The summed E-state index contributed by atoms with van der Waals surface area (Å²) in [6.45, 7) is 3.05. The summed E-state index contributed by atoms with van der Waals surface area (Å²) < 4.78 is 10.7. The molecule has 1 N–H and O–H groups in total. The minimum absolute atomic E-state index is 0. The highest BCUT2D eigenvalue weighted by Crippen LogP contribution is 2.29. The summed E-state index contributed by atoms with van der Waals surface area (Å²) in [5, 5.41) is 3.03. The summed E-state index contributed by atoms with van der Waals surface area (Å²) in [6.07, 6.45) is 1.36. The van der Waals surface area contributed by atoms with Crippen LogP contribution in [0.25, 0.3) is 0 Å². The maximum absolute atomic E-state index is 12.7. The number of carbonyl (C=O) groups is 2. The summed E-state index contributed by atoms with van der Waals surface area (Å²) in [5.41, 5.74) is 1.60. The minimum atomic E-state index is -0.240. The molecule has 0 spiro atoms. The Hall–Kier alpha value is -2.73. The van der Waals surface area contributed by atoms with Crippen LogP contribution in [0.4, 0.5) is 4.79 Å². The van der Waals surface area contributed by atoms with Gasteiger partial charge in [-0.3, -0.25) is 4.79 Å². The first-order valence-corrected chi connectivity index (χ1v) is 9.90. The normalized spacial score (nSPS) is 15.0. The fourth-order valence-corrected chi connectivity index (χ4v) is 3.71. The van der Waals surface area contributed by atoms with Crippen molar-refractivity contribution in [2.45, 2.75) is 25.8 Å². The highest BCUT2D eigenvalue weighted by atomic mass is 35.5. The van der Waals surface area contributed by atoms with Crippen LogP contribution in [-0.2, 0) is 0 Å². The molecule has 1 fully saturated rings. The molecule has 0 radical (unpaired) electrons. The lowest BCUT2D eigenvalue weighted by Gasteiger charge is -2.32. The Kier molecular flexibility index (Phi) is 8.54. The van der Waals surface area contributed by atoms with E-state index in [-0.39, 0.29) is 36.2 Å². The van der Waals surface area contributed by atoms with Crippen LogP contribution in [-0.4, -0.2) is 44.0 Å². The van der Waals surface area contributed by atoms with Gasteiger partial charge in [0.15, 0.2) is 5.78 Å². The van der Waals surface area contributed by atoms with Crippen LogP contribution < -0.4 is 14.8 Å². The van der Waals surface area contributed by atoms with E-state index in [4.69, 9.17) is 9.47 Å². The Balaban J connectivity index is 0.00000320. The number of rotatable bonds is 6. The molecule has 1 saturated heterocycles. The first kappa shape index (κ1) is 23.5. The number of hydrogen-bond donors (Lipinski definition) is 1. The minimum Gasteiger partial charge on any atom is -0.497 e. The summed E-state index contributed by atoms with van der Waals surface area (Å²) >= 11 is 0. The van der Waals surface area contributed by atoms with Gasteiger partial charge in [-0.25, -0.2) is 4.79 Å². The van der Waals surface area contributed by atoms with E-state index in [0.29, 0.717) is 37.4 Å². The maximum Gasteiger partial charge on any atom is 0.317 e. The molecule has 0 aromatic heterocycles. The lowest BCUT2D eigenvalue weighted by Crippen LogP contribution is -2.46. The zero-order valence-electron chi connectivity index (χ0n) is 17.6. The molecule has 1 atom stereocenters. The third-order valence-electron chi connectivity index (χ3n) is 5.45. The molecule has 1 aliphatic rings. The summed E-state index contributed by atoms with van der Waals surface area (Å²) in [6, 6.07) is 14.5. The molecule has 2 aromatic rings. The lowest BCUT2D eigenvalue weighted by molar-refractivity contribution is 0.0853. The zero-order valence-corrected chi connectivity index (χ0v) is 18.4. The Labute approximate surface area is 184 Å². The number of carbonyl (C=O) groups excluding carboxylic acids is 2. The third-order valence-corrected chi connectivity index (χ3v) is 5.45. The summed E-state index contributed by atoms with van der Waals surface area (Å²) in [7, 11) is 3.21. The first-order chi connectivity index (χ1) is 14.0. The van der Waals surface area contributed by atoms with Gasteiger partial charge in [-0.15, -0.1) is 12.4 Å². The molecule has 1 heterocycles. The van der Waals surface area contributed by atoms with E-state index in [0.717, 1.165) is 11.1 Å². The van der Waals surface area contributed by atoms with Gasteiger partial charge in [0.25, 0.3) is 0 Å². The number of nitrogens with one attached hydrogen (secondary N) is 1. The van der Waals surface area contributed by atoms with Gasteiger partial charge in [0.1, 0.15) is 11.5 Å². The number of benzene rings is 2. The summed E-state index contributed by atoms with van der Waals surface area (Å²) in [4.78, 5) is 27.1. The van der Waals surface area contributed by atoms with E-state index in [9.17, 15) is 9.59 Å². The standard InChI is InChI=1S/C23H28N2O4.ClH/c1-16(20-15-19(28-2)9-10-21(20)29-3)24-23(27)25-13-11-18(12-14-25)22(26)17-7-5-4-6-8-17;/h4-10,15-16,18H,11-14H2,1-3H3,(H,24,27);1H. The molecule has 1 aliphatic heterocycles. The summed E-state index contributed by atoms with van der Waals surface area (Å²) in [5.74, 6) is 1.55. The average molecular weight is 433 g/mol. The molecule has 6 nitrogen and oxygen atoms in total. The van der Waals surface area contributed by atoms with Gasteiger partial charge >= 0.3 is 6.03 Å². The number of halogens is 1. The SMILES string of the molecule is COc1ccc(OC)c(C(C)NC(=O)N2CCC(C(=O)c3ccccc3)CC2)c1.Cl. The predicted octanol–water partition coefficient (Wildman–Crippen LogP) is 4.49. The molecule has 7 heteroatoms. The van der Waals surface area contributed by atoms with Crippen molar-refractivity contribution in [2.24, 2.45) is 5.92 Å². The Morgan fingerprint density at radius 3 is 2.30 bits per heavy atom. The second-order valence-electron chi connectivity index (χ2n) is 7.27. The number of hydrogen-bond acceptors (Lipinski definition) is 4. The number of ketones is 1. The lowest BCUT2D eigenvalue weighted by atomic mass is 9.89. The number of methoxy groups -OCH3 is 2. The van der Waals surface area contributed by atoms with Gasteiger partial charge in [-0.05, 0) is 38.0 Å². The van der Waals surface area contributed by atoms with Crippen LogP contribution >= 0.6 is 12.4 Å². The topological polar surface area (TPSA) is 67.9 Å². The van der Waals surface area contributed by atoms with Crippen molar-refractivity contribution >= 4 is 24.2 Å². The van der Waals surface area contributed by atoms with Gasteiger partial charge in [-0.1, -0.05) is 30.3 Å². The molecule has 0 bridgehead atoms. The van der Waals surface area contributed by atoms with Crippen LogP contribution in [0, 0.1) is 5.92 Å². The smallest absolute Gasteiger partial charge is 0.317 e. The Morgan fingerprint density at radius 2 is 1.70 bits per heavy atom. The highest BCUT2D eigenvalue weighted by Gasteiger charge is 2.28. The third kappa shape index (κ3) is 5.45. The van der Waals surface area contributed by atoms with E-state index < -0.39 is 0 Å². The van der Waals surface area contributed by atoms with E-state index in [1.807, 2.05) is 55.5 Å². The number of piperidine rings is 1. The molecule has 1 unspecified atom stereocenters. The van der Waals surface area contributed by atoms with E-state index in [1.165, 1.54) is 0 Å². The number of ether oxygens (including phenoxy) is 2. The molecule has 162 valence electrons. The zero-order chi connectivity index (χ0) is 20.8. The monoisotopic (exact) mass is 432 g/mol. The van der Waals surface area contributed by atoms with Gasteiger partial charge in [-0.2, -0.15) is 0 Å². The van der Waals surface area contributed by atoms with E-state index in [1.54, 1.807) is 19.1 Å². The largest absolute Gasteiger partial charge is 0.497 e. The van der Waals surface area contributed by atoms with Gasteiger partial charge in [0, 0.05) is 30.1 Å². The second-order valence-corrected chi connectivity index (χ2v) is 7.27. The predicted molar refractivity (Wildman–Crippen MR) is 119 cm³/mol. The van der Waals surface area contributed by atoms with Crippen molar-refractivity contribution in [2.75, 3.05) is 27.3 Å². The Morgan fingerprint density at radius 1 is 1.03 bits per heavy atom. The molecular weight excluding hydrogens is 404 g/mol. The van der Waals surface area contributed by atoms with Crippen molar-refractivity contribution in [3.05, 3.63) is 59.7 Å². The van der Waals surface area contributed by atoms with Gasteiger partial charge in [0.05, 0.1) is 20.3 Å². The van der Waals surface area contributed by atoms with Crippen molar-refractivity contribution < 1.29 is 19.1 Å². The Bertz CT molecular complexity index is 852. The fraction of sp³-hybridized carbons (Fsp3) is 0.391. The van der Waals surface area contributed by atoms with Crippen molar-refractivity contribution in [3.63, 3.8) is 0 Å². The van der Waals surface area contributed by atoms with Crippen LogP contribution in [0.1, 0.15) is 41.7 Å². The van der Waals surface area contributed by atoms with Crippen LogP contribution in [0.5, 0.6) is 11.5 Å². The molecule has 2 amide bonds. The molecule has 0 aliphatic carbocycles. The van der Waals surface area contributed by atoms with Crippen molar-refractivity contribution in [1.29, 1.82) is 0 Å². The van der Waals surface area contributed by atoms with Crippen molar-refractivity contribution in [3.8, 4) is 11.5 Å². The molecule has 0 saturated carbocycles. The second kappa shape index (κ2) is 10.9. The van der Waals surface area contributed by atoms with Crippen molar-refractivity contribution in [1.82, 2.24) is 10.2 Å². The molecule has 2 aromatic carbocycles. The van der Waals surface area contributed by atoms with Gasteiger partial charge in [0.2, 0.25) is 0 Å². The molecule has 3 rings (SSSR count). The highest BCUT2D eigenvalue weighted by molar-refractivity contribution is 5.98.